The molecular formula is C14H20N2O5. The molecule has 1 aromatic heterocycles. The highest BCUT2D eigenvalue weighted by molar-refractivity contribution is 5.75. The van der Waals surface area contributed by atoms with Crippen LogP contribution in [0.2, 0.25) is 0 Å². The Bertz CT molecular complexity index is 625. The summed E-state index contributed by atoms with van der Waals surface area (Å²) in [5, 5.41) is 0. The average Bonchev–Trinajstić information content (AvgIpc) is 2.83. The summed E-state index contributed by atoms with van der Waals surface area (Å²) in [6.45, 7) is 5.53. The second-order valence-corrected chi connectivity index (χ2v) is 6.16. The van der Waals surface area contributed by atoms with E-state index in [1.165, 1.54) is 16.8 Å². The lowest BCUT2D eigenvalue weighted by Crippen LogP contribution is -2.32. The molecule has 1 fully saturated rings. The topological polar surface area (TPSA) is 90.4 Å². The smallest absolute Gasteiger partial charge is 0.330 e. The number of hydrogen-bond donors (Lipinski definition) is 1. The molecule has 0 aromatic carbocycles. The van der Waals surface area contributed by atoms with Gasteiger partial charge in [-0.05, 0) is 33.6 Å². The number of carbonyl (C=O) groups is 1. The molecule has 7 heteroatoms. The molecule has 2 unspecified atom stereocenters. The van der Waals surface area contributed by atoms with Crippen LogP contribution in [0.25, 0.3) is 0 Å². The van der Waals surface area contributed by atoms with Gasteiger partial charge in [0, 0.05) is 12.3 Å². The van der Waals surface area contributed by atoms with Crippen LogP contribution in [-0.2, 0) is 14.3 Å². The summed E-state index contributed by atoms with van der Waals surface area (Å²) >= 11 is 0. The van der Waals surface area contributed by atoms with Crippen molar-refractivity contribution in [1.82, 2.24) is 9.55 Å². The largest absolute Gasteiger partial charge is 0.463 e. The number of carbonyl (C=O) groups excluding carboxylic acids is 1. The summed E-state index contributed by atoms with van der Waals surface area (Å²) in [5.74, 6) is -0.282. The molecule has 2 heterocycles. The van der Waals surface area contributed by atoms with Crippen LogP contribution in [0.5, 0.6) is 0 Å². The molecule has 1 aliphatic rings. The summed E-state index contributed by atoms with van der Waals surface area (Å²) in [6, 6.07) is 1.28. The van der Waals surface area contributed by atoms with Crippen molar-refractivity contribution in [3.63, 3.8) is 0 Å². The van der Waals surface area contributed by atoms with Gasteiger partial charge in [0.2, 0.25) is 0 Å². The molecule has 0 spiro atoms. The summed E-state index contributed by atoms with van der Waals surface area (Å²) in [5.41, 5.74) is -1.49. The second-order valence-electron chi connectivity index (χ2n) is 6.16. The molecule has 0 aliphatic carbocycles. The Morgan fingerprint density at radius 1 is 1.43 bits per heavy atom. The summed E-state index contributed by atoms with van der Waals surface area (Å²) in [7, 11) is 0. The molecular weight excluding hydrogens is 276 g/mol. The van der Waals surface area contributed by atoms with E-state index in [9.17, 15) is 14.4 Å². The number of esters is 1. The third-order valence-electron chi connectivity index (χ3n) is 3.26. The molecule has 116 valence electrons. The van der Waals surface area contributed by atoms with E-state index in [4.69, 9.17) is 9.47 Å². The predicted octanol–water partition coefficient (Wildman–Crippen LogP) is 0.803. The fraction of sp³-hybridized carbons (Fsp3) is 0.643. The maximum Gasteiger partial charge on any atom is 0.330 e. The monoisotopic (exact) mass is 296 g/mol. The van der Waals surface area contributed by atoms with Gasteiger partial charge < -0.3 is 9.47 Å². The van der Waals surface area contributed by atoms with Gasteiger partial charge in [-0.25, -0.2) is 4.79 Å². The van der Waals surface area contributed by atoms with Crippen LogP contribution >= 0.6 is 0 Å². The molecule has 0 saturated carbocycles. The normalized spacial score (nSPS) is 22.2. The van der Waals surface area contributed by atoms with Crippen LogP contribution < -0.4 is 11.2 Å². The van der Waals surface area contributed by atoms with Gasteiger partial charge >= 0.3 is 11.7 Å². The number of hydrogen-bond acceptors (Lipinski definition) is 5. The first-order valence-electron chi connectivity index (χ1n) is 6.91. The third-order valence-corrected chi connectivity index (χ3v) is 3.26. The van der Waals surface area contributed by atoms with Crippen molar-refractivity contribution in [2.45, 2.75) is 45.9 Å². The second kappa shape index (κ2) is 5.85. The van der Waals surface area contributed by atoms with Crippen molar-refractivity contribution >= 4 is 5.97 Å². The maximum absolute atomic E-state index is 11.7. The van der Waals surface area contributed by atoms with E-state index in [1.807, 2.05) is 0 Å². The number of aromatic nitrogens is 2. The predicted molar refractivity (Wildman–Crippen MR) is 74.9 cm³/mol. The van der Waals surface area contributed by atoms with Gasteiger partial charge in [-0.1, -0.05) is 0 Å². The van der Waals surface area contributed by atoms with Crippen molar-refractivity contribution in [3.05, 3.63) is 33.1 Å². The van der Waals surface area contributed by atoms with E-state index < -0.39 is 22.9 Å². The van der Waals surface area contributed by atoms with Gasteiger partial charge in [-0.3, -0.25) is 19.1 Å². The van der Waals surface area contributed by atoms with Gasteiger partial charge in [0.1, 0.15) is 12.8 Å². The molecule has 0 amide bonds. The molecule has 2 atom stereocenters. The number of H-pyrrole nitrogens is 1. The number of ether oxygens (including phenoxy) is 2. The maximum atomic E-state index is 11.7. The molecule has 1 aliphatic heterocycles. The van der Waals surface area contributed by atoms with Gasteiger partial charge in [0.15, 0.2) is 0 Å². The quantitative estimate of drug-likeness (QED) is 0.833. The van der Waals surface area contributed by atoms with Gasteiger partial charge in [0.25, 0.3) is 5.56 Å². The van der Waals surface area contributed by atoms with Crippen molar-refractivity contribution in [3.8, 4) is 0 Å². The zero-order valence-electron chi connectivity index (χ0n) is 12.4. The summed E-state index contributed by atoms with van der Waals surface area (Å²) in [6.07, 6.45) is 2.06. The standard InChI is InChI=1S/C14H20N2O5/c1-14(2,3)12(18)20-8-9-4-5-11(21-9)16-7-6-10(17)15-13(16)19/h6-7,9,11H,4-5,8H2,1-3H3,(H,15,17,19). The van der Waals surface area contributed by atoms with Crippen LogP contribution in [0.3, 0.4) is 0 Å². The van der Waals surface area contributed by atoms with Gasteiger partial charge in [0.05, 0.1) is 11.5 Å². The molecule has 0 radical (unpaired) electrons. The molecule has 1 saturated heterocycles. The first kappa shape index (κ1) is 15.5. The number of aromatic amines is 1. The Morgan fingerprint density at radius 3 is 2.76 bits per heavy atom. The van der Waals surface area contributed by atoms with Crippen molar-refractivity contribution in [1.29, 1.82) is 0 Å². The van der Waals surface area contributed by atoms with Crippen LogP contribution in [0.4, 0.5) is 0 Å². The fourth-order valence-electron chi connectivity index (χ4n) is 2.05. The minimum atomic E-state index is -0.548. The highest BCUT2D eigenvalue weighted by atomic mass is 16.6. The lowest BCUT2D eigenvalue weighted by molar-refractivity contribution is -0.157. The van der Waals surface area contributed by atoms with E-state index >= 15 is 0 Å². The van der Waals surface area contributed by atoms with Crippen molar-refractivity contribution < 1.29 is 14.3 Å². The van der Waals surface area contributed by atoms with Crippen LogP contribution in [0, 0.1) is 5.41 Å². The third kappa shape index (κ3) is 3.81. The summed E-state index contributed by atoms with van der Waals surface area (Å²) < 4.78 is 12.3. The minimum Gasteiger partial charge on any atom is -0.463 e. The SMILES string of the molecule is CC(C)(C)C(=O)OCC1CCC(n2ccc(=O)[nH]c2=O)O1. The highest BCUT2D eigenvalue weighted by Crippen LogP contribution is 2.27. The average molecular weight is 296 g/mol. The Morgan fingerprint density at radius 2 is 2.14 bits per heavy atom. The Labute approximate surface area is 121 Å². The highest BCUT2D eigenvalue weighted by Gasteiger charge is 2.30. The lowest BCUT2D eigenvalue weighted by atomic mass is 9.97. The number of rotatable bonds is 3. The first-order chi connectivity index (χ1) is 9.77. The van der Waals surface area contributed by atoms with Gasteiger partial charge in [-0.15, -0.1) is 0 Å². The molecule has 1 N–H and O–H groups in total. The first-order valence-corrected chi connectivity index (χ1v) is 6.91. The zero-order chi connectivity index (χ0) is 15.6. The molecule has 2 rings (SSSR count). The van der Waals surface area contributed by atoms with Crippen molar-refractivity contribution in [2.75, 3.05) is 6.61 Å². The molecule has 21 heavy (non-hydrogen) atoms. The van der Waals surface area contributed by atoms with Crippen LogP contribution in [-0.4, -0.2) is 28.2 Å². The van der Waals surface area contributed by atoms with Crippen LogP contribution in [0.15, 0.2) is 21.9 Å². The fourth-order valence-corrected chi connectivity index (χ4v) is 2.05. The number of nitrogens with zero attached hydrogens (tertiary/aromatic N) is 1. The Kier molecular flexibility index (Phi) is 4.32. The summed E-state index contributed by atoms with van der Waals surface area (Å²) in [4.78, 5) is 36.6. The Balaban J connectivity index is 1.93. The van der Waals surface area contributed by atoms with E-state index in [2.05, 4.69) is 4.98 Å². The molecule has 7 nitrogen and oxygen atoms in total. The van der Waals surface area contributed by atoms with Crippen LogP contribution in [0.1, 0.15) is 39.8 Å². The van der Waals surface area contributed by atoms with E-state index in [1.54, 1.807) is 20.8 Å². The zero-order valence-corrected chi connectivity index (χ0v) is 12.4. The molecule has 1 aromatic rings. The lowest BCUT2D eigenvalue weighted by Gasteiger charge is -2.19. The molecule has 0 bridgehead atoms. The minimum absolute atomic E-state index is 0.171. The van der Waals surface area contributed by atoms with Gasteiger partial charge in [-0.2, -0.15) is 0 Å². The number of nitrogens with one attached hydrogen (secondary N) is 1. The Hall–Kier alpha value is -1.89. The van der Waals surface area contributed by atoms with E-state index in [0.29, 0.717) is 12.8 Å². The van der Waals surface area contributed by atoms with E-state index in [-0.39, 0.29) is 18.7 Å². The van der Waals surface area contributed by atoms with Crippen molar-refractivity contribution in [2.24, 2.45) is 5.41 Å². The van der Waals surface area contributed by atoms with E-state index in [0.717, 1.165) is 0 Å².